The van der Waals surface area contributed by atoms with Crippen LogP contribution in [-0.4, -0.2) is 35.0 Å². The van der Waals surface area contributed by atoms with Gasteiger partial charge in [0.1, 0.15) is 5.69 Å². The summed E-state index contributed by atoms with van der Waals surface area (Å²) < 4.78 is 0. The van der Waals surface area contributed by atoms with Crippen molar-refractivity contribution in [1.82, 2.24) is 20.6 Å². The van der Waals surface area contributed by atoms with Gasteiger partial charge in [-0.1, -0.05) is 6.42 Å². The topological polar surface area (TPSA) is 66.9 Å². The van der Waals surface area contributed by atoms with Crippen LogP contribution in [0, 0.1) is 0 Å². The van der Waals surface area contributed by atoms with Crippen molar-refractivity contribution in [2.45, 2.75) is 25.3 Å². The summed E-state index contributed by atoms with van der Waals surface area (Å²) in [5.74, 6) is -0.163. The third-order valence-electron chi connectivity index (χ3n) is 2.74. The highest BCUT2D eigenvalue weighted by molar-refractivity contribution is 5.91. The Bertz CT molecular complexity index is 337. The molecule has 1 fully saturated rings. The SMILES string of the molecule is O=C(NCCNC1CCC1)c1cnccn1. The molecule has 2 rings (SSSR count). The third kappa shape index (κ3) is 3.00. The van der Waals surface area contributed by atoms with E-state index in [1.54, 1.807) is 6.20 Å². The van der Waals surface area contributed by atoms with E-state index >= 15 is 0 Å². The van der Waals surface area contributed by atoms with Crippen LogP contribution in [0.2, 0.25) is 0 Å². The first-order valence-electron chi connectivity index (χ1n) is 5.64. The molecule has 1 aliphatic rings. The quantitative estimate of drug-likeness (QED) is 0.703. The van der Waals surface area contributed by atoms with Crippen molar-refractivity contribution in [1.29, 1.82) is 0 Å². The Balaban J connectivity index is 1.64. The molecule has 0 spiro atoms. The van der Waals surface area contributed by atoms with E-state index in [2.05, 4.69) is 20.6 Å². The highest BCUT2D eigenvalue weighted by atomic mass is 16.1. The lowest BCUT2D eigenvalue weighted by Crippen LogP contribution is -2.40. The molecule has 0 radical (unpaired) electrons. The summed E-state index contributed by atoms with van der Waals surface area (Å²) in [7, 11) is 0. The Kier molecular flexibility index (Phi) is 3.82. The van der Waals surface area contributed by atoms with E-state index in [4.69, 9.17) is 0 Å². The molecule has 1 amide bonds. The molecule has 1 aliphatic carbocycles. The van der Waals surface area contributed by atoms with E-state index in [-0.39, 0.29) is 5.91 Å². The van der Waals surface area contributed by atoms with Crippen molar-refractivity contribution in [3.05, 3.63) is 24.3 Å². The number of carbonyl (C=O) groups is 1. The molecule has 0 aromatic carbocycles. The van der Waals surface area contributed by atoms with Crippen LogP contribution in [0.1, 0.15) is 29.8 Å². The van der Waals surface area contributed by atoms with Gasteiger partial charge in [0.05, 0.1) is 6.20 Å². The van der Waals surface area contributed by atoms with Gasteiger partial charge in [-0.15, -0.1) is 0 Å². The zero-order valence-corrected chi connectivity index (χ0v) is 9.15. The zero-order chi connectivity index (χ0) is 11.2. The van der Waals surface area contributed by atoms with Gasteiger partial charge in [0, 0.05) is 31.5 Å². The molecule has 86 valence electrons. The fourth-order valence-electron chi connectivity index (χ4n) is 1.57. The minimum absolute atomic E-state index is 0.163. The molecular formula is C11H16N4O. The summed E-state index contributed by atoms with van der Waals surface area (Å²) in [5, 5.41) is 6.17. The van der Waals surface area contributed by atoms with Gasteiger partial charge in [0.15, 0.2) is 0 Å². The van der Waals surface area contributed by atoms with Gasteiger partial charge in [-0.3, -0.25) is 9.78 Å². The van der Waals surface area contributed by atoms with Crippen LogP contribution in [-0.2, 0) is 0 Å². The van der Waals surface area contributed by atoms with Gasteiger partial charge in [0.25, 0.3) is 5.91 Å². The smallest absolute Gasteiger partial charge is 0.271 e. The Morgan fingerprint density at radius 1 is 1.38 bits per heavy atom. The molecule has 5 heteroatoms. The van der Waals surface area contributed by atoms with E-state index in [1.807, 2.05) is 0 Å². The van der Waals surface area contributed by atoms with Gasteiger partial charge in [-0.2, -0.15) is 0 Å². The van der Waals surface area contributed by atoms with Crippen LogP contribution in [0.4, 0.5) is 0 Å². The molecule has 1 saturated carbocycles. The maximum atomic E-state index is 11.5. The largest absolute Gasteiger partial charge is 0.349 e. The van der Waals surface area contributed by atoms with Crippen LogP contribution >= 0.6 is 0 Å². The lowest BCUT2D eigenvalue weighted by atomic mass is 9.93. The van der Waals surface area contributed by atoms with Gasteiger partial charge in [-0.25, -0.2) is 4.98 Å². The molecule has 5 nitrogen and oxygen atoms in total. The maximum absolute atomic E-state index is 11.5. The first-order valence-corrected chi connectivity index (χ1v) is 5.64. The van der Waals surface area contributed by atoms with Gasteiger partial charge in [0.2, 0.25) is 0 Å². The molecule has 0 unspecified atom stereocenters. The predicted octanol–water partition coefficient (Wildman–Crippen LogP) is 0.348. The third-order valence-corrected chi connectivity index (χ3v) is 2.74. The molecule has 0 atom stereocenters. The second-order valence-corrected chi connectivity index (χ2v) is 3.93. The summed E-state index contributed by atoms with van der Waals surface area (Å²) in [6.45, 7) is 1.45. The van der Waals surface area contributed by atoms with Crippen molar-refractivity contribution in [3.8, 4) is 0 Å². The van der Waals surface area contributed by atoms with E-state index in [9.17, 15) is 4.79 Å². The molecule has 1 aromatic heterocycles. The van der Waals surface area contributed by atoms with Crippen molar-refractivity contribution in [3.63, 3.8) is 0 Å². The molecule has 1 heterocycles. The van der Waals surface area contributed by atoms with Crippen LogP contribution < -0.4 is 10.6 Å². The monoisotopic (exact) mass is 220 g/mol. The highest BCUT2D eigenvalue weighted by Gasteiger charge is 2.15. The average Bonchev–Trinajstić information content (AvgIpc) is 2.27. The number of aromatic nitrogens is 2. The normalized spacial score (nSPS) is 15.5. The second kappa shape index (κ2) is 5.55. The number of nitrogens with one attached hydrogen (secondary N) is 2. The number of hydrogen-bond acceptors (Lipinski definition) is 4. The molecule has 2 N–H and O–H groups in total. The number of nitrogens with zero attached hydrogens (tertiary/aromatic N) is 2. The van der Waals surface area contributed by atoms with Crippen LogP contribution in [0.3, 0.4) is 0 Å². The summed E-state index contributed by atoms with van der Waals surface area (Å²) in [6.07, 6.45) is 8.38. The summed E-state index contributed by atoms with van der Waals surface area (Å²) >= 11 is 0. The van der Waals surface area contributed by atoms with Crippen molar-refractivity contribution < 1.29 is 4.79 Å². The lowest BCUT2D eigenvalue weighted by molar-refractivity contribution is 0.0947. The Morgan fingerprint density at radius 2 is 2.25 bits per heavy atom. The van der Waals surface area contributed by atoms with E-state index in [0.29, 0.717) is 18.3 Å². The maximum Gasteiger partial charge on any atom is 0.271 e. The number of rotatable bonds is 5. The first kappa shape index (κ1) is 11.0. The molecule has 0 saturated heterocycles. The summed E-state index contributed by atoms with van der Waals surface area (Å²) in [6, 6.07) is 0.661. The Hall–Kier alpha value is -1.49. The minimum atomic E-state index is -0.163. The predicted molar refractivity (Wildman–Crippen MR) is 60.0 cm³/mol. The zero-order valence-electron chi connectivity index (χ0n) is 9.15. The fourth-order valence-corrected chi connectivity index (χ4v) is 1.57. The minimum Gasteiger partial charge on any atom is -0.349 e. The van der Waals surface area contributed by atoms with Gasteiger partial charge < -0.3 is 10.6 Å². The van der Waals surface area contributed by atoms with E-state index in [1.165, 1.54) is 31.7 Å². The highest BCUT2D eigenvalue weighted by Crippen LogP contribution is 2.17. The molecule has 1 aromatic rings. The van der Waals surface area contributed by atoms with Crippen LogP contribution in [0.25, 0.3) is 0 Å². The fraction of sp³-hybridized carbons (Fsp3) is 0.545. The molecular weight excluding hydrogens is 204 g/mol. The second-order valence-electron chi connectivity index (χ2n) is 3.93. The van der Waals surface area contributed by atoms with E-state index < -0.39 is 0 Å². The van der Waals surface area contributed by atoms with E-state index in [0.717, 1.165) is 6.54 Å². The first-order chi connectivity index (χ1) is 7.86. The molecule has 0 bridgehead atoms. The van der Waals surface area contributed by atoms with Gasteiger partial charge >= 0.3 is 0 Å². The number of hydrogen-bond donors (Lipinski definition) is 2. The lowest BCUT2D eigenvalue weighted by Gasteiger charge is -2.26. The number of amides is 1. The van der Waals surface area contributed by atoms with Crippen LogP contribution in [0.15, 0.2) is 18.6 Å². The van der Waals surface area contributed by atoms with Crippen molar-refractivity contribution >= 4 is 5.91 Å². The average molecular weight is 220 g/mol. The van der Waals surface area contributed by atoms with Crippen molar-refractivity contribution in [2.75, 3.05) is 13.1 Å². The summed E-state index contributed by atoms with van der Waals surface area (Å²) in [5.41, 5.74) is 0.367. The number of carbonyl (C=O) groups excluding carboxylic acids is 1. The molecule has 0 aliphatic heterocycles. The molecule has 16 heavy (non-hydrogen) atoms. The van der Waals surface area contributed by atoms with Crippen molar-refractivity contribution in [2.24, 2.45) is 0 Å². The van der Waals surface area contributed by atoms with Gasteiger partial charge in [-0.05, 0) is 12.8 Å². The Labute approximate surface area is 94.7 Å². The Morgan fingerprint density at radius 3 is 2.88 bits per heavy atom. The standard InChI is InChI=1S/C11H16N4O/c16-11(10-8-12-4-5-14-10)15-7-6-13-9-2-1-3-9/h4-5,8-9,13H,1-3,6-7H2,(H,15,16). The van der Waals surface area contributed by atoms with Crippen LogP contribution in [0.5, 0.6) is 0 Å². The summed E-state index contributed by atoms with van der Waals surface area (Å²) in [4.78, 5) is 19.3.